The molecule has 1 aliphatic rings. The molecule has 1 N–H and O–H groups in total. The molecule has 0 unspecified atom stereocenters. The Balaban J connectivity index is 1.67. The molecule has 0 atom stereocenters. The number of amides is 1. The predicted octanol–water partition coefficient (Wildman–Crippen LogP) is 0.885. The number of rotatable bonds is 7. The van der Waals surface area contributed by atoms with E-state index in [1.165, 1.54) is 0 Å². The van der Waals surface area contributed by atoms with E-state index in [9.17, 15) is 13.2 Å². The molecule has 27 heavy (non-hydrogen) atoms. The van der Waals surface area contributed by atoms with E-state index in [1.54, 1.807) is 28.8 Å². The molecule has 0 radical (unpaired) electrons. The van der Waals surface area contributed by atoms with Gasteiger partial charge in [0.15, 0.2) is 0 Å². The summed E-state index contributed by atoms with van der Waals surface area (Å²) in [4.78, 5) is 16.0. The van der Waals surface area contributed by atoms with Crippen molar-refractivity contribution in [1.82, 2.24) is 24.4 Å². The molecule has 0 aromatic carbocycles. The van der Waals surface area contributed by atoms with E-state index in [0.29, 0.717) is 44.5 Å². The second-order valence-electron chi connectivity index (χ2n) is 6.64. The molecule has 2 aromatic rings. The van der Waals surface area contributed by atoms with Crippen LogP contribution in [-0.4, -0.2) is 52.2 Å². The number of carbonyl (C=O) groups is 1. The zero-order valence-electron chi connectivity index (χ0n) is 15.7. The van der Waals surface area contributed by atoms with Crippen LogP contribution < -0.4 is 5.32 Å². The first kappa shape index (κ1) is 19.5. The van der Waals surface area contributed by atoms with Crippen LogP contribution in [0.25, 0.3) is 0 Å². The lowest BCUT2D eigenvalue weighted by molar-refractivity contribution is 0.0954. The van der Waals surface area contributed by atoms with Crippen molar-refractivity contribution in [3.05, 3.63) is 47.0 Å². The van der Waals surface area contributed by atoms with Gasteiger partial charge < -0.3 is 5.32 Å². The molecule has 0 saturated heterocycles. The number of hydrogen-bond donors (Lipinski definition) is 1. The minimum Gasteiger partial charge on any atom is -0.352 e. The molecule has 8 nitrogen and oxygen atoms in total. The van der Waals surface area contributed by atoms with Crippen LogP contribution in [0.3, 0.4) is 0 Å². The van der Waals surface area contributed by atoms with Gasteiger partial charge in [-0.3, -0.25) is 14.5 Å². The van der Waals surface area contributed by atoms with E-state index in [4.69, 9.17) is 0 Å². The van der Waals surface area contributed by atoms with Gasteiger partial charge in [-0.05, 0) is 18.6 Å². The molecule has 0 saturated carbocycles. The van der Waals surface area contributed by atoms with Crippen LogP contribution >= 0.6 is 0 Å². The van der Waals surface area contributed by atoms with Crippen LogP contribution in [0.1, 0.15) is 40.7 Å². The summed E-state index contributed by atoms with van der Waals surface area (Å²) in [5.74, 6) is 0.00858. The Bertz CT molecular complexity index is 909. The first-order chi connectivity index (χ1) is 12.9. The summed E-state index contributed by atoms with van der Waals surface area (Å²) < 4.78 is 28.2. The van der Waals surface area contributed by atoms with Gasteiger partial charge in [0.05, 0.1) is 11.4 Å². The number of aromatic nitrogens is 3. The second-order valence-corrected chi connectivity index (χ2v) is 8.73. The van der Waals surface area contributed by atoms with Crippen LogP contribution in [-0.2, 0) is 36.5 Å². The van der Waals surface area contributed by atoms with E-state index in [2.05, 4.69) is 15.4 Å². The number of pyridine rings is 1. The highest BCUT2D eigenvalue weighted by molar-refractivity contribution is 7.89. The van der Waals surface area contributed by atoms with Gasteiger partial charge in [0.2, 0.25) is 10.0 Å². The van der Waals surface area contributed by atoms with Crippen molar-refractivity contribution in [3.63, 3.8) is 0 Å². The maximum absolute atomic E-state index is 12.4. The Morgan fingerprint density at radius 1 is 1.30 bits per heavy atom. The molecule has 1 amide bonds. The summed E-state index contributed by atoms with van der Waals surface area (Å²) in [6, 6.07) is 3.32. The maximum Gasteiger partial charge on any atom is 0.251 e. The fourth-order valence-electron chi connectivity index (χ4n) is 3.37. The second kappa shape index (κ2) is 8.18. The van der Waals surface area contributed by atoms with Crippen molar-refractivity contribution in [2.45, 2.75) is 32.7 Å². The molecule has 0 fully saturated rings. The lowest BCUT2D eigenvalue weighted by Crippen LogP contribution is -2.37. The standard InChI is InChI=1S/C18H25N5O3S/c1-3-12-27(25,26)23-11-7-17-15(13-23)16(21-22(17)2)6-10-20-18(24)14-4-8-19-9-5-14/h4-5,8-9H,3,6-7,10-13H2,1-2H3,(H,20,24). The maximum atomic E-state index is 12.4. The normalized spacial score (nSPS) is 14.7. The Hall–Kier alpha value is -2.26. The van der Waals surface area contributed by atoms with Gasteiger partial charge >= 0.3 is 0 Å². The summed E-state index contributed by atoms with van der Waals surface area (Å²) in [6.45, 7) is 3.16. The Morgan fingerprint density at radius 3 is 2.74 bits per heavy atom. The minimum atomic E-state index is -3.23. The molecule has 1 aliphatic heterocycles. The van der Waals surface area contributed by atoms with Crippen molar-refractivity contribution in [2.75, 3.05) is 18.8 Å². The summed E-state index contributed by atoms with van der Waals surface area (Å²) >= 11 is 0. The monoisotopic (exact) mass is 391 g/mol. The number of nitrogens with one attached hydrogen (secondary N) is 1. The summed E-state index contributed by atoms with van der Waals surface area (Å²) in [5, 5.41) is 7.44. The largest absolute Gasteiger partial charge is 0.352 e. The van der Waals surface area contributed by atoms with Crippen LogP contribution in [0.4, 0.5) is 0 Å². The number of nitrogens with zero attached hydrogens (tertiary/aromatic N) is 4. The molecule has 0 bridgehead atoms. The third kappa shape index (κ3) is 4.36. The van der Waals surface area contributed by atoms with E-state index in [1.807, 2.05) is 18.7 Å². The first-order valence-electron chi connectivity index (χ1n) is 9.12. The van der Waals surface area contributed by atoms with Gasteiger partial charge in [0.1, 0.15) is 0 Å². The SMILES string of the molecule is CCCS(=O)(=O)N1CCc2c(c(CCNC(=O)c3ccncc3)nn2C)C1. The van der Waals surface area contributed by atoms with E-state index < -0.39 is 10.0 Å². The molecular weight excluding hydrogens is 366 g/mol. The fraction of sp³-hybridized carbons (Fsp3) is 0.500. The fourth-order valence-corrected chi connectivity index (χ4v) is 4.84. The van der Waals surface area contributed by atoms with E-state index >= 15 is 0 Å². The molecule has 3 heterocycles. The topological polar surface area (TPSA) is 97.2 Å². The van der Waals surface area contributed by atoms with Crippen molar-refractivity contribution >= 4 is 15.9 Å². The minimum absolute atomic E-state index is 0.158. The third-order valence-electron chi connectivity index (χ3n) is 4.74. The third-order valence-corrected chi connectivity index (χ3v) is 6.76. The zero-order chi connectivity index (χ0) is 19.4. The van der Waals surface area contributed by atoms with Gasteiger partial charge in [0.25, 0.3) is 5.91 Å². The predicted molar refractivity (Wildman–Crippen MR) is 102 cm³/mol. The van der Waals surface area contributed by atoms with Crippen LogP contribution in [0.2, 0.25) is 0 Å². The van der Waals surface area contributed by atoms with Gasteiger partial charge in [-0.25, -0.2) is 8.42 Å². The van der Waals surface area contributed by atoms with Gasteiger partial charge in [0, 0.05) is 68.7 Å². The van der Waals surface area contributed by atoms with Gasteiger partial charge in [-0.1, -0.05) is 6.92 Å². The molecule has 0 aliphatic carbocycles. The van der Waals surface area contributed by atoms with Crippen LogP contribution in [0.15, 0.2) is 24.5 Å². The Morgan fingerprint density at radius 2 is 2.04 bits per heavy atom. The Labute approximate surface area is 159 Å². The highest BCUT2D eigenvalue weighted by Crippen LogP contribution is 2.24. The van der Waals surface area contributed by atoms with Gasteiger partial charge in [-0.15, -0.1) is 0 Å². The number of fused-ring (bicyclic) bond motifs is 1. The average molecular weight is 391 g/mol. The Kier molecular flexibility index (Phi) is 5.91. The highest BCUT2D eigenvalue weighted by atomic mass is 32.2. The van der Waals surface area contributed by atoms with Crippen molar-refractivity contribution in [3.8, 4) is 0 Å². The quantitative estimate of drug-likeness (QED) is 0.756. The molecule has 3 rings (SSSR count). The lowest BCUT2D eigenvalue weighted by Gasteiger charge is -2.26. The van der Waals surface area contributed by atoms with E-state index in [0.717, 1.165) is 17.0 Å². The molecule has 146 valence electrons. The van der Waals surface area contributed by atoms with Crippen LogP contribution in [0, 0.1) is 0 Å². The van der Waals surface area contributed by atoms with Crippen molar-refractivity contribution < 1.29 is 13.2 Å². The number of aryl methyl sites for hydroxylation is 1. The highest BCUT2D eigenvalue weighted by Gasteiger charge is 2.30. The van der Waals surface area contributed by atoms with Crippen LogP contribution in [0.5, 0.6) is 0 Å². The molecule has 0 spiro atoms. The van der Waals surface area contributed by atoms with Gasteiger partial charge in [-0.2, -0.15) is 9.40 Å². The zero-order valence-corrected chi connectivity index (χ0v) is 16.5. The molecule has 9 heteroatoms. The summed E-state index contributed by atoms with van der Waals surface area (Å²) in [5.41, 5.74) is 3.46. The van der Waals surface area contributed by atoms with E-state index in [-0.39, 0.29) is 11.7 Å². The molecule has 2 aromatic heterocycles. The van der Waals surface area contributed by atoms with Crippen molar-refractivity contribution in [2.24, 2.45) is 7.05 Å². The number of sulfonamides is 1. The first-order valence-corrected chi connectivity index (χ1v) is 10.7. The number of carbonyl (C=O) groups excluding carboxylic acids is 1. The molecular formula is C18H25N5O3S. The summed E-state index contributed by atoms with van der Waals surface area (Å²) in [7, 11) is -1.35. The smallest absolute Gasteiger partial charge is 0.251 e. The van der Waals surface area contributed by atoms with Crippen molar-refractivity contribution in [1.29, 1.82) is 0 Å². The lowest BCUT2D eigenvalue weighted by atomic mass is 10.1. The summed E-state index contributed by atoms with van der Waals surface area (Å²) in [6.07, 6.45) is 4.98. The average Bonchev–Trinajstić information content (AvgIpc) is 2.98. The number of hydrogen-bond acceptors (Lipinski definition) is 5.